The number of hydrogen-bond donors (Lipinski definition) is 2. The fraction of sp³-hybridized carbons (Fsp3) is 0.611. The average Bonchev–Trinajstić information content (AvgIpc) is 2.48. The second-order valence-electron chi connectivity index (χ2n) is 6.62. The maximum absolute atomic E-state index is 11.6. The van der Waals surface area contributed by atoms with Crippen LogP contribution >= 0.6 is 0 Å². The normalized spacial score (nSPS) is 19.9. The summed E-state index contributed by atoms with van der Waals surface area (Å²) in [6.07, 6.45) is 3.87. The Morgan fingerprint density at radius 3 is 2.81 bits per heavy atom. The summed E-state index contributed by atoms with van der Waals surface area (Å²) < 4.78 is 0. The Balaban J connectivity index is 1.92. The first-order valence-electron chi connectivity index (χ1n) is 8.14. The molecule has 1 aliphatic carbocycles. The summed E-state index contributed by atoms with van der Waals surface area (Å²) in [6, 6.07) is 9.10. The molecule has 0 heterocycles. The summed E-state index contributed by atoms with van der Waals surface area (Å²) in [6.45, 7) is 8.23. The number of carbonyl (C=O) groups is 1. The van der Waals surface area contributed by atoms with E-state index in [-0.39, 0.29) is 11.3 Å². The zero-order valence-corrected chi connectivity index (χ0v) is 13.5. The monoisotopic (exact) mass is 288 g/mol. The molecule has 1 aliphatic rings. The quantitative estimate of drug-likeness (QED) is 0.843. The molecule has 0 bridgehead atoms. The average molecular weight is 288 g/mol. The minimum Gasteiger partial charge on any atom is -0.356 e. The molecule has 0 radical (unpaired) electrons. The van der Waals surface area contributed by atoms with E-state index in [9.17, 15) is 4.79 Å². The van der Waals surface area contributed by atoms with Gasteiger partial charge in [0.25, 0.3) is 0 Å². The van der Waals surface area contributed by atoms with Gasteiger partial charge in [-0.15, -0.1) is 0 Å². The van der Waals surface area contributed by atoms with E-state index in [2.05, 4.69) is 55.7 Å². The van der Waals surface area contributed by atoms with Gasteiger partial charge in [0, 0.05) is 25.6 Å². The molecular weight excluding hydrogens is 260 g/mol. The molecule has 3 nitrogen and oxygen atoms in total. The van der Waals surface area contributed by atoms with Crippen molar-refractivity contribution in [3.05, 3.63) is 35.4 Å². The molecule has 1 amide bonds. The summed E-state index contributed by atoms with van der Waals surface area (Å²) >= 11 is 0. The lowest BCUT2D eigenvalue weighted by Gasteiger charge is -2.37. The van der Waals surface area contributed by atoms with Crippen LogP contribution in [-0.2, 0) is 10.2 Å². The summed E-state index contributed by atoms with van der Waals surface area (Å²) in [5.41, 5.74) is 3.11. The van der Waals surface area contributed by atoms with Crippen LogP contribution < -0.4 is 10.6 Å². The van der Waals surface area contributed by atoms with Gasteiger partial charge in [0.05, 0.1) is 0 Å². The van der Waals surface area contributed by atoms with Gasteiger partial charge in [-0.25, -0.2) is 0 Å². The highest BCUT2D eigenvalue weighted by atomic mass is 16.1. The van der Waals surface area contributed by atoms with Crippen LogP contribution in [0.15, 0.2) is 24.3 Å². The van der Waals surface area contributed by atoms with Crippen LogP contribution in [0, 0.1) is 0 Å². The van der Waals surface area contributed by atoms with E-state index < -0.39 is 0 Å². The highest BCUT2D eigenvalue weighted by Crippen LogP contribution is 2.41. The minimum absolute atomic E-state index is 0.147. The topological polar surface area (TPSA) is 41.1 Å². The maximum atomic E-state index is 11.6. The molecule has 2 rings (SSSR count). The molecule has 1 unspecified atom stereocenters. The Labute approximate surface area is 128 Å². The second kappa shape index (κ2) is 7.08. The Morgan fingerprint density at radius 2 is 2.05 bits per heavy atom. The van der Waals surface area contributed by atoms with Crippen LogP contribution in [0.1, 0.15) is 63.6 Å². The number of hydrogen-bond acceptors (Lipinski definition) is 2. The van der Waals surface area contributed by atoms with Gasteiger partial charge in [0.2, 0.25) is 5.91 Å². The lowest BCUT2D eigenvalue weighted by atomic mass is 9.71. The largest absolute Gasteiger partial charge is 0.356 e. The van der Waals surface area contributed by atoms with E-state index in [1.165, 1.54) is 17.5 Å². The van der Waals surface area contributed by atoms with Crippen LogP contribution in [-0.4, -0.2) is 19.0 Å². The molecule has 1 atom stereocenters. The van der Waals surface area contributed by atoms with Crippen molar-refractivity contribution in [2.24, 2.45) is 0 Å². The Kier molecular flexibility index (Phi) is 5.40. The number of amides is 1. The lowest BCUT2D eigenvalue weighted by Crippen LogP contribution is -2.34. The molecule has 0 aliphatic heterocycles. The standard InChI is InChI=1S/C18H28N2O/c1-4-12-20-17(21)10-13-19-16-9-11-18(2,3)15-8-6-5-7-14(15)16/h5-8,16,19H,4,9-13H2,1-3H3,(H,20,21). The van der Waals surface area contributed by atoms with E-state index in [0.717, 1.165) is 25.9 Å². The van der Waals surface area contributed by atoms with Crippen molar-refractivity contribution in [2.45, 2.75) is 57.9 Å². The van der Waals surface area contributed by atoms with Crippen molar-refractivity contribution in [3.8, 4) is 0 Å². The van der Waals surface area contributed by atoms with E-state index in [1.807, 2.05) is 0 Å². The molecule has 3 heteroatoms. The fourth-order valence-electron chi connectivity index (χ4n) is 3.14. The van der Waals surface area contributed by atoms with Crippen molar-refractivity contribution in [1.82, 2.24) is 10.6 Å². The number of fused-ring (bicyclic) bond motifs is 1. The third-order valence-corrected chi connectivity index (χ3v) is 4.44. The zero-order chi connectivity index (χ0) is 15.3. The Hall–Kier alpha value is -1.35. The van der Waals surface area contributed by atoms with Crippen LogP contribution in [0.4, 0.5) is 0 Å². The first-order valence-corrected chi connectivity index (χ1v) is 8.14. The van der Waals surface area contributed by atoms with Crippen molar-refractivity contribution in [1.29, 1.82) is 0 Å². The first-order chi connectivity index (χ1) is 10.0. The minimum atomic E-state index is 0.147. The van der Waals surface area contributed by atoms with Gasteiger partial charge in [-0.05, 0) is 35.8 Å². The van der Waals surface area contributed by atoms with Crippen molar-refractivity contribution < 1.29 is 4.79 Å². The van der Waals surface area contributed by atoms with Gasteiger partial charge in [-0.1, -0.05) is 45.0 Å². The summed E-state index contributed by atoms with van der Waals surface area (Å²) in [7, 11) is 0. The third kappa shape index (κ3) is 4.07. The molecule has 0 saturated carbocycles. The predicted octanol–water partition coefficient (Wildman–Crippen LogP) is 3.31. The van der Waals surface area contributed by atoms with Crippen molar-refractivity contribution >= 4 is 5.91 Å². The molecule has 116 valence electrons. The van der Waals surface area contributed by atoms with Crippen LogP contribution in [0.25, 0.3) is 0 Å². The molecule has 0 fully saturated rings. The highest BCUT2D eigenvalue weighted by molar-refractivity contribution is 5.76. The van der Waals surface area contributed by atoms with E-state index in [4.69, 9.17) is 0 Å². The molecule has 0 aromatic heterocycles. The van der Waals surface area contributed by atoms with Crippen LogP contribution in [0.5, 0.6) is 0 Å². The SMILES string of the molecule is CCCNC(=O)CCNC1CCC(C)(C)c2ccccc21. The number of carbonyl (C=O) groups excluding carboxylic acids is 1. The van der Waals surface area contributed by atoms with Crippen LogP contribution in [0.3, 0.4) is 0 Å². The first kappa shape index (κ1) is 16.0. The van der Waals surface area contributed by atoms with E-state index in [1.54, 1.807) is 0 Å². The molecular formula is C18H28N2O. The Bertz CT molecular complexity index is 482. The molecule has 0 saturated heterocycles. The van der Waals surface area contributed by atoms with Crippen molar-refractivity contribution in [3.63, 3.8) is 0 Å². The van der Waals surface area contributed by atoms with Crippen molar-refractivity contribution in [2.75, 3.05) is 13.1 Å². The second-order valence-corrected chi connectivity index (χ2v) is 6.62. The van der Waals surface area contributed by atoms with Gasteiger partial charge in [0.15, 0.2) is 0 Å². The van der Waals surface area contributed by atoms with Gasteiger partial charge in [-0.2, -0.15) is 0 Å². The van der Waals surface area contributed by atoms with Gasteiger partial charge in [0.1, 0.15) is 0 Å². The lowest BCUT2D eigenvalue weighted by molar-refractivity contribution is -0.121. The van der Waals surface area contributed by atoms with E-state index in [0.29, 0.717) is 12.5 Å². The van der Waals surface area contributed by atoms with Crippen LogP contribution in [0.2, 0.25) is 0 Å². The summed E-state index contributed by atoms with van der Waals surface area (Å²) in [5.74, 6) is 0.147. The Morgan fingerprint density at radius 1 is 1.29 bits per heavy atom. The summed E-state index contributed by atoms with van der Waals surface area (Å²) in [5, 5.41) is 6.49. The number of nitrogens with one attached hydrogen (secondary N) is 2. The van der Waals surface area contributed by atoms with E-state index >= 15 is 0 Å². The third-order valence-electron chi connectivity index (χ3n) is 4.44. The number of benzene rings is 1. The smallest absolute Gasteiger partial charge is 0.221 e. The molecule has 21 heavy (non-hydrogen) atoms. The molecule has 2 N–H and O–H groups in total. The maximum Gasteiger partial charge on any atom is 0.221 e. The molecule has 0 spiro atoms. The predicted molar refractivity (Wildman–Crippen MR) is 87.4 cm³/mol. The van der Waals surface area contributed by atoms with Gasteiger partial charge < -0.3 is 10.6 Å². The zero-order valence-electron chi connectivity index (χ0n) is 13.5. The molecule has 1 aromatic carbocycles. The molecule has 1 aromatic rings. The van der Waals surface area contributed by atoms with Gasteiger partial charge in [-0.3, -0.25) is 4.79 Å². The highest BCUT2D eigenvalue weighted by Gasteiger charge is 2.31. The van der Waals surface area contributed by atoms with Gasteiger partial charge >= 0.3 is 0 Å². The fourth-order valence-corrected chi connectivity index (χ4v) is 3.14. The number of rotatable bonds is 6. The summed E-state index contributed by atoms with van der Waals surface area (Å²) in [4.78, 5) is 11.6.